The number of benzene rings is 1. The second-order valence-electron chi connectivity index (χ2n) is 5.02. The summed E-state index contributed by atoms with van der Waals surface area (Å²) in [6.07, 6.45) is 2.40. The second-order valence-corrected chi connectivity index (χ2v) is 7.00. The molecule has 1 amide bonds. The van der Waals surface area contributed by atoms with Crippen molar-refractivity contribution in [3.8, 4) is 0 Å². The molecule has 0 spiro atoms. The minimum absolute atomic E-state index is 0.00541. The Bertz CT molecular complexity index is 498. The smallest absolute Gasteiger partial charge is 0.237 e. The zero-order valence-corrected chi connectivity index (χ0v) is 13.5. The largest absolute Gasteiger partial charge is 0.358 e. The van der Waals surface area contributed by atoms with E-state index in [0.717, 1.165) is 28.7 Å². The highest BCUT2D eigenvalue weighted by atomic mass is 32.2. The van der Waals surface area contributed by atoms with Gasteiger partial charge in [-0.25, -0.2) is 0 Å². The summed E-state index contributed by atoms with van der Waals surface area (Å²) in [6, 6.07) is 7.80. The van der Waals surface area contributed by atoms with E-state index in [1.165, 1.54) is 24.6 Å². The minimum Gasteiger partial charge on any atom is -0.358 e. The van der Waals surface area contributed by atoms with Gasteiger partial charge >= 0.3 is 0 Å². The van der Waals surface area contributed by atoms with Crippen LogP contribution in [0.5, 0.6) is 0 Å². The molecule has 0 radical (unpaired) electrons. The number of rotatable bonds is 3. The van der Waals surface area contributed by atoms with Crippen molar-refractivity contribution in [3.05, 3.63) is 29.8 Å². The number of thiocarbonyl (C=S) groups is 1. The molecule has 0 aromatic heterocycles. The van der Waals surface area contributed by atoms with Gasteiger partial charge in [0.2, 0.25) is 5.91 Å². The number of anilines is 1. The van der Waals surface area contributed by atoms with Crippen molar-refractivity contribution in [2.75, 3.05) is 18.4 Å². The van der Waals surface area contributed by atoms with Gasteiger partial charge in [0, 0.05) is 18.8 Å². The topological polar surface area (TPSA) is 32.3 Å². The normalized spacial score (nSPS) is 16.0. The van der Waals surface area contributed by atoms with Gasteiger partial charge < -0.3 is 10.2 Å². The fourth-order valence-electron chi connectivity index (χ4n) is 2.13. The van der Waals surface area contributed by atoms with Gasteiger partial charge in [-0.05, 0) is 38.3 Å². The molecule has 1 aliphatic heterocycles. The van der Waals surface area contributed by atoms with E-state index in [2.05, 4.69) is 10.2 Å². The van der Waals surface area contributed by atoms with Crippen LogP contribution in [0, 0.1) is 6.92 Å². The van der Waals surface area contributed by atoms with Gasteiger partial charge in [0.25, 0.3) is 0 Å². The lowest BCUT2D eigenvalue weighted by Gasteiger charge is -2.20. The maximum absolute atomic E-state index is 12.2. The lowest BCUT2D eigenvalue weighted by atomic mass is 10.2. The molecule has 1 aromatic carbocycles. The van der Waals surface area contributed by atoms with Crippen molar-refractivity contribution >= 4 is 39.9 Å². The number of aryl methyl sites for hydroxylation is 1. The number of likely N-dealkylation sites (tertiary alicyclic amines) is 1. The third-order valence-electron chi connectivity index (χ3n) is 3.41. The standard InChI is InChI=1S/C15H20N2OS2/c1-11-7-3-4-8-13(11)16-14(18)12(2)20-15(19)17-9-5-6-10-17/h3-4,7-8,12H,5-6,9-10H2,1-2H3,(H,16,18). The number of amides is 1. The molecular formula is C15H20N2OS2. The van der Waals surface area contributed by atoms with Crippen LogP contribution in [0.25, 0.3) is 0 Å². The Balaban J connectivity index is 1.88. The monoisotopic (exact) mass is 308 g/mol. The summed E-state index contributed by atoms with van der Waals surface area (Å²) >= 11 is 6.88. The predicted octanol–water partition coefficient (Wildman–Crippen LogP) is 3.44. The SMILES string of the molecule is Cc1ccccc1NC(=O)C(C)SC(=S)N1CCCC1. The third-order valence-corrected chi connectivity index (χ3v) is 4.99. The summed E-state index contributed by atoms with van der Waals surface area (Å²) < 4.78 is 0.843. The summed E-state index contributed by atoms with van der Waals surface area (Å²) in [5.41, 5.74) is 1.94. The van der Waals surface area contributed by atoms with Gasteiger partial charge in [-0.3, -0.25) is 4.79 Å². The van der Waals surface area contributed by atoms with Gasteiger partial charge in [-0.1, -0.05) is 42.2 Å². The van der Waals surface area contributed by atoms with Crippen LogP contribution < -0.4 is 5.32 Å². The molecular weight excluding hydrogens is 288 g/mol. The summed E-state index contributed by atoms with van der Waals surface area (Å²) in [5, 5.41) is 2.79. The fourth-order valence-corrected chi connectivity index (χ4v) is 3.54. The number of thioether (sulfide) groups is 1. The summed E-state index contributed by atoms with van der Waals surface area (Å²) in [6.45, 7) is 5.94. The molecule has 5 heteroatoms. The molecule has 108 valence electrons. The summed E-state index contributed by atoms with van der Waals surface area (Å²) in [7, 11) is 0. The Kier molecular flexibility index (Phi) is 5.43. The van der Waals surface area contributed by atoms with Crippen molar-refractivity contribution in [2.45, 2.75) is 31.9 Å². The first-order valence-corrected chi connectivity index (χ1v) is 8.19. The van der Waals surface area contributed by atoms with Crippen molar-refractivity contribution in [3.63, 3.8) is 0 Å². The number of para-hydroxylation sites is 1. The van der Waals surface area contributed by atoms with E-state index in [0.29, 0.717) is 0 Å². The van der Waals surface area contributed by atoms with E-state index in [9.17, 15) is 4.79 Å². The van der Waals surface area contributed by atoms with Gasteiger partial charge in [0.05, 0.1) is 5.25 Å². The van der Waals surface area contributed by atoms with Crippen LogP contribution in [-0.2, 0) is 4.79 Å². The Morgan fingerprint density at radius 2 is 2.00 bits per heavy atom. The molecule has 1 saturated heterocycles. The molecule has 0 saturated carbocycles. The molecule has 1 unspecified atom stereocenters. The van der Waals surface area contributed by atoms with Crippen LogP contribution in [0.3, 0.4) is 0 Å². The number of nitrogens with one attached hydrogen (secondary N) is 1. The molecule has 0 aliphatic carbocycles. The number of carbonyl (C=O) groups excluding carboxylic acids is 1. The van der Waals surface area contributed by atoms with E-state index < -0.39 is 0 Å². The number of hydrogen-bond donors (Lipinski definition) is 1. The highest BCUT2D eigenvalue weighted by molar-refractivity contribution is 8.23. The van der Waals surface area contributed by atoms with Gasteiger partial charge in [-0.15, -0.1) is 0 Å². The first kappa shape index (κ1) is 15.3. The average Bonchev–Trinajstić information content (AvgIpc) is 2.95. The summed E-state index contributed by atoms with van der Waals surface area (Å²) in [4.78, 5) is 14.4. The van der Waals surface area contributed by atoms with Crippen LogP contribution in [0.15, 0.2) is 24.3 Å². The van der Waals surface area contributed by atoms with Crippen molar-refractivity contribution in [1.29, 1.82) is 0 Å². The lowest BCUT2D eigenvalue weighted by Crippen LogP contribution is -2.29. The number of hydrogen-bond acceptors (Lipinski definition) is 3. The van der Waals surface area contributed by atoms with Crippen molar-refractivity contribution in [2.24, 2.45) is 0 Å². The van der Waals surface area contributed by atoms with Crippen LogP contribution in [0.1, 0.15) is 25.3 Å². The molecule has 1 aliphatic rings. The average molecular weight is 308 g/mol. The predicted molar refractivity (Wildman–Crippen MR) is 90.3 cm³/mol. The molecule has 20 heavy (non-hydrogen) atoms. The summed E-state index contributed by atoms with van der Waals surface area (Å²) in [5.74, 6) is 0.00541. The van der Waals surface area contributed by atoms with E-state index in [1.807, 2.05) is 38.1 Å². The maximum atomic E-state index is 12.2. The van der Waals surface area contributed by atoms with E-state index >= 15 is 0 Å². The molecule has 1 atom stereocenters. The van der Waals surface area contributed by atoms with Crippen molar-refractivity contribution < 1.29 is 4.79 Å². The molecule has 1 N–H and O–H groups in total. The Hall–Kier alpha value is -1.07. The van der Waals surface area contributed by atoms with E-state index in [1.54, 1.807) is 0 Å². The van der Waals surface area contributed by atoms with Gasteiger partial charge in [0.1, 0.15) is 4.32 Å². The van der Waals surface area contributed by atoms with Gasteiger partial charge in [-0.2, -0.15) is 0 Å². The highest BCUT2D eigenvalue weighted by Crippen LogP contribution is 2.22. The molecule has 1 aromatic rings. The second kappa shape index (κ2) is 7.09. The Morgan fingerprint density at radius 3 is 2.65 bits per heavy atom. The maximum Gasteiger partial charge on any atom is 0.237 e. The van der Waals surface area contributed by atoms with Crippen LogP contribution >= 0.6 is 24.0 Å². The molecule has 2 rings (SSSR count). The van der Waals surface area contributed by atoms with Crippen LogP contribution in [-0.4, -0.2) is 33.5 Å². The molecule has 1 fully saturated rings. The number of carbonyl (C=O) groups is 1. The molecule has 1 heterocycles. The van der Waals surface area contributed by atoms with E-state index in [4.69, 9.17) is 12.2 Å². The molecule has 0 bridgehead atoms. The Morgan fingerprint density at radius 1 is 1.35 bits per heavy atom. The van der Waals surface area contributed by atoms with Crippen molar-refractivity contribution in [1.82, 2.24) is 4.90 Å². The minimum atomic E-state index is -0.178. The third kappa shape index (κ3) is 3.96. The Labute approximate surface area is 130 Å². The fraction of sp³-hybridized carbons (Fsp3) is 0.467. The van der Waals surface area contributed by atoms with Gasteiger partial charge in [0.15, 0.2) is 0 Å². The zero-order valence-electron chi connectivity index (χ0n) is 11.9. The van der Waals surface area contributed by atoms with E-state index in [-0.39, 0.29) is 11.2 Å². The van der Waals surface area contributed by atoms with Crippen LogP contribution in [0.4, 0.5) is 5.69 Å². The molecule has 3 nitrogen and oxygen atoms in total. The zero-order chi connectivity index (χ0) is 14.5. The lowest BCUT2D eigenvalue weighted by molar-refractivity contribution is -0.115. The first-order valence-electron chi connectivity index (χ1n) is 6.90. The number of nitrogens with zero attached hydrogens (tertiary/aromatic N) is 1. The quantitative estimate of drug-likeness (QED) is 0.867. The van der Waals surface area contributed by atoms with Crippen LogP contribution in [0.2, 0.25) is 0 Å². The first-order chi connectivity index (χ1) is 9.58. The highest BCUT2D eigenvalue weighted by Gasteiger charge is 2.21.